The van der Waals surface area contributed by atoms with E-state index in [0.29, 0.717) is 18.2 Å². The highest BCUT2D eigenvalue weighted by Gasteiger charge is 2.20. The maximum absolute atomic E-state index is 12.5. The summed E-state index contributed by atoms with van der Waals surface area (Å²) in [6, 6.07) is 9.92. The molecule has 25 heavy (non-hydrogen) atoms. The first kappa shape index (κ1) is 17.6. The third kappa shape index (κ3) is 4.27. The van der Waals surface area contributed by atoms with E-state index in [1.807, 2.05) is 25.1 Å². The van der Waals surface area contributed by atoms with Gasteiger partial charge in [0, 0.05) is 24.3 Å². The summed E-state index contributed by atoms with van der Waals surface area (Å²) >= 11 is 5.99. The molecule has 0 radical (unpaired) electrons. The predicted octanol–water partition coefficient (Wildman–Crippen LogP) is 2.74. The van der Waals surface area contributed by atoms with Gasteiger partial charge in [-0.15, -0.1) is 0 Å². The van der Waals surface area contributed by atoms with Crippen LogP contribution in [0.3, 0.4) is 0 Å². The van der Waals surface area contributed by atoms with Gasteiger partial charge in [0.1, 0.15) is 5.69 Å². The standard InChI is InChI=1S/C18H20ClN3O3/c1-12(13-3-2-4-14(19)11-13)20-18(24)16-5-6-17(23)22(21-16)15-7-9-25-10-8-15/h2-6,11-12,15H,7-10H2,1H3,(H,20,24). The Kier molecular flexibility index (Phi) is 5.50. The molecule has 1 amide bonds. The van der Waals surface area contributed by atoms with Gasteiger partial charge in [-0.2, -0.15) is 5.10 Å². The highest BCUT2D eigenvalue weighted by molar-refractivity contribution is 6.30. The number of halogens is 1. The molecule has 1 atom stereocenters. The number of carbonyl (C=O) groups is 1. The molecule has 1 aliphatic rings. The molecule has 3 rings (SSSR count). The van der Waals surface area contributed by atoms with Crippen LogP contribution in [-0.2, 0) is 4.74 Å². The number of amides is 1. The Balaban J connectivity index is 1.76. The lowest BCUT2D eigenvalue weighted by Gasteiger charge is -2.23. The van der Waals surface area contributed by atoms with Gasteiger partial charge in [-0.3, -0.25) is 9.59 Å². The fourth-order valence-corrected chi connectivity index (χ4v) is 3.07. The van der Waals surface area contributed by atoms with Crippen molar-refractivity contribution in [2.75, 3.05) is 13.2 Å². The van der Waals surface area contributed by atoms with E-state index < -0.39 is 0 Å². The van der Waals surface area contributed by atoms with Crippen LogP contribution in [0.5, 0.6) is 0 Å². The van der Waals surface area contributed by atoms with Gasteiger partial charge < -0.3 is 10.1 Å². The Bertz CT molecular complexity index is 815. The first-order valence-electron chi connectivity index (χ1n) is 8.28. The molecular formula is C18H20ClN3O3. The van der Waals surface area contributed by atoms with Crippen LogP contribution in [0.4, 0.5) is 0 Å². The Morgan fingerprint density at radius 3 is 2.80 bits per heavy atom. The molecule has 1 aliphatic heterocycles. The molecule has 6 nitrogen and oxygen atoms in total. The van der Waals surface area contributed by atoms with E-state index in [1.54, 1.807) is 6.07 Å². The van der Waals surface area contributed by atoms with E-state index in [0.717, 1.165) is 18.4 Å². The van der Waals surface area contributed by atoms with Gasteiger partial charge in [0.05, 0.1) is 12.1 Å². The molecule has 0 saturated carbocycles. The Hall–Kier alpha value is -2.18. The number of nitrogens with one attached hydrogen (secondary N) is 1. The minimum atomic E-state index is -0.326. The van der Waals surface area contributed by atoms with Crippen molar-refractivity contribution < 1.29 is 9.53 Å². The normalized spacial score (nSPS) is 16.4. The number of benzene rings is 1. The van der Waals surface area contributed by atoms with Crippen molar-refractivity contribution >= 4 is 17.5 Å². The topological polar surface area (TPSA) is 73.2 Å². The summed E-state index contributed by atoms with van der Waals surface area (Å²) in [4.78, 5) is 24.6. The zero-order valence-corrected chi connectivity index (χ0v) is 14.7. The van der Waals surface area contributed by atoms with Gasteiger partial charge in [-0.1, -0.05) is 23.7 Å². The smallest absolute Gasteiger partial charge is 0.272 e. The van der Waals surface area contributed by atoms with Gasteiger partial charge in [-0.05, 0) is 43.5 Å². The number of aromatic nitrogens is 2. The molecule has 7 heteroatoms. The van der Waals surface area contributed by atoms with Crippen LogP contribution in [0, 0.1) is 0 Å². The van der Waals surface area contributed by atoms with Gasteiger partial charge in [0.25, 0.3) is 11.5 Å². The second-order valence-corrected chi connectivity index (χ2v) is 6.53. The molecule has 2 heterocycles. The number of rotatable bonds is 4. The van der Waals surface area contributed by atoms with E-state index in [9.17, 15) is 9.59 Å². The molecule has 1 aromatic heterocycles. The van der Waals surface area contributed by atoms with Crippen molar-refractivity contribution in [1.82, 2.24) is 15.1 Å². The molecule has 0 aliphatic carbocycles. The van der Waals surface area contributed by atoms with Gasteiger partial charge in [-0.25, -0.2) is 4.68 Å². The highest BCUT2D eigenvalue weighted by atomic mass is 35.5. The van der Waals surface area contributed by atoms with E-state index >= 15 is 0 Å². The molecule has 2 aromatic rings. The van der Waals surface area contributed by atoms with Crippen molar-refractivity contribution in [3.05, 3.63) is 63.0 Å². The lowest BCUT2D eigenvalue weighted by atomic mass is 10.1. The monoisotopic (exact) mass is 361 g/mol. The van der Waals surface area contributed by atoms with E-state index in [2.05, 4.69) is 10.4 Å². The van der Waals surface area contributed by atoms with Crippen LogP contribution in [0.2, 0.25) is 5.02 Å². The summed E-state index contributed by atoms with van der Waals surface area (Å²) in [6.07, 6.45) is 1.44. The van der Waals surface area contributed by atoms with E-state index in [4.69, 9.17) is 16.3 Å². The Morgan fingerprint density at radius 1 is 1.32 bits per heavy atom. The fraction of sp³-hybridized carbons (Fsp3) is 0.389. The largest absolute Gasteiger partial charge is 0.381 e. The Morgan fingerprint density at radius 2 is 2.08 bits per heavy atom. The number of hydrogen-bond donors (Lipinski definition) is 1. The number of hydrogen-bond acceptors (Lipinski definition) is 4. The first-order chi connectivity index (χ1) is 12.0. The summed E-state index contributed by atoms with van der Waals surface area (Å²) in [7, 11) is 0. The van der Waals surface area contributed by atoms with Crippen molar-refractivity contribution in [2.45, 2.75) is 31.8 Å². The first-order valence-corrected chi connectivity index (χ1v) is 8.66. The third-order valence-electron chi connectivity index (χ3n) is 4.29. The van der Waals surface area contributed by atoms with Gasteiger partial charge in [0.2, 0.25) is 0 Å². The molecule has 1 saturated heterocycles. The SMILES string of the molecule is CC(NC(=O)c1ccc(=O)n(C2CCOCC2)n1)c1cccc(Cl)c1. The average Bonchev–Trinajstić information content (AvgIpc) is 2.62. The lowest BCUT2D eigenvalue weighted by molar-refractivity contribution is 0.0644. The summed E-state index contributed by atoms with van der Waals surface area (Å²) in [5, 5.41) is 7.78. The molecule has 0 spiro atoms. The van der Waals surface area contributed by atoms with Crippen molar-refractivity contribution in [2.24, 2.45) is 0 Å². The minimum absolute atomic E-state index is 0.0284. The van der Waals surface area contributed by atoms with Crippen LogP contribution in [-0.4, -0.2) is 28.9 Å². The summed E-state index contributed by atoms with van der Waals surface area (Å²) < 4.78 is 6.72. The van der Waals surface area contributed by atoms with Crippen LogP contribution in [0.15, 0.2) is 41.2 Å². The number of ether oxygens (including phenoxy) is 1. The molecular weight excluding hydrogens is 342 g/mol. The quantitative estimate of drug-likeness (QED) is 0.908. The summed E-state index contributed by atoms with van der Waals surface area (Å²) in [5.41, 5.74) is 0.921. The summed E-state index contributed by atoms with van der Waals surface area (Å²) in [6.45, 7) is 3.07. The van der Waals surface area contributed by atoms with Crippen molar-refractivity contribution in [3.8, 4) is 0 Å². The molecule has 1 unspecified atom stereocenters. The Labute approximate surface area is 150 Å². The second-order valence-electron chi connectivity index (χ2n) is 6.10. The molecule has 0 bridgehead atoms. The van der Waals surface area contributed by atoms with Crippen LogP contribution in [0.25, 0.3) is 0 Å². The third-order valence-corrected chi connectivity index (χ3v) is 4.53. The minimum Gasteiger partial charge on any atom is -0.381 e. The maximum atomic E-state index is 12.5. The summed E-state index contributed by atoms with van der Waals surface area (Å²) in [5.74, 6) is -0.326. The van der Waals surface area contributed by atoms with Gasteiger partial charge >= 0.3 is 0 Å². The molecule has 1 N–H and O–H groups in total. The second kappa shape index (κ2) is 7.80. The lowest BCUT2D eigenvalue weighted by Crippen LogP contribution is -2.34. The predicted molar refractivity (Wildman–Crippen MR) is 94.9 cm³/mol. The number of nitrogens with zero attached hydrogens (tertiary/aromatic N) is 2. The highest BCUT2D eigenvalue weighted by Crippen LogP contribution is 2.19. The van der Waals surface area contributed by atoms with Crippen LogP contribution >= 0.6 is 11.6 Å². The van der Waals surface area contributed by atoms with Crippen LogP contribution < -0.4 is 10.9 Å². The average molecular weight is 362 g/mol. The van der Waals surface area contributed by atoms with E-state index in [1.165, 1.54) is 16.8 Å². The van der Waals surface area contributed by atoms with Crippen LogP contribution in [0.1, 0.15) is 47.9 Å². The molecule has 1 fully saturated rings. The zero-order chi connectivity index (χ0) is 17.8. The van der Waals surface area contributed by atoms with Gasteiger partial charge in [0.15, 0.2) is 0 Å². The zero-order valence-electron chi connectivity index (χ0n) is 13.9. The molecule has 132 valence electrons. The van der Waals surface area contributed by atoms with Crippen molar-refractivity contribution in [1.29, 1.82) is 0 Å². The van der Waals surface area contributed by atoms with Crippen molar-refractivity contribution in [3.63, 3.8) is 0 Å². The van der Waals surface area contributed by atoms with E-state index in [-0.39, 0.29) is 29.2 Å². The maximum Gasteiger partial charge on any atom is 0.272 e. The molecule has 1 aromatic carbocycles. The fourth-order valence-electron chi connectivity index (χ4n) is 2.87. The number of carbonyl (C=O) groups excluding carboxylic acids is 1.